The van der Waals surface area contributed by atoms with Gasteiger partial charge in [-0.1, -0.05) is 12.8 Å². The number of carbonyl (C=O) groups is 3. The van der Waals surface area contributed by atoms with Crippen molar-refractivity contribution in [3.05, 3.63) is 18.2 Å². The Morgan fingerprint density at radius 2 is 1.85 bits per heavy atom. The fourth-order valence-electron chi connectivity index (χ4n) is 6.67. The minimum Gasteiger partial charge on any atom is -0.476 e. The van der Waals surface area contributed by atoms with Crippen LogP contribution in [-0.2, 0) is 23.9 Å². The summed E-state index contributed by atoms with van der Waals surface area (Å²) >= 11 is 0. The molecule has 2 saturated carbocycles. The number of anilines is 2. The molecule has 2 heterocycles. The van der Waals surface area contributed by atoms with Crippen LogP contribution in [0.3, 0.4) is 0 Å². The molecular formula is C31H46N4O6. The number of fused-ring (bicyclic) bond motifs is 1. The normalized spacial score (nSPS) is 24.9. The summed E-state index contributed by atoms with van der Waals surface area (Å²) in [5.41, 5.74) is 0.174. The molecule has 10 nitrogen and oxygen atoms in total. The highest BCUT2D eigenvalue weighted by atomic mass is 16.5. The molecule has 10 heteroatoms. The molecule has 5 rings (SSSR count). The SMILES string of the molecule is COCCCN1C(=O)C(C)(C)Oc2ccc(N(C(=O)C3CNCC(C(=O)NC4(COC)CCCC4)C3)C3CC3)cc21. The molecule has 2 aliphatic carbocycles. The van der Waals surface area contributed by atoms with E-state index in [-0.39, 0.29) is 41.1 Å². The predicted octanol–water partition coefficient (Wildman–Crippen LogP) is 3.02. The third-order valence-corrected chi connectivity index (χ3v) is 8.96. The summed E-state index contributed by atoms with van der Waals surface area (Å²) in [6.45, 7) is 6.22. The average Bonchev–Trinajstić information content (AvgIpc) is 3.69. The first kappa shape index (κ1) is 29.8. The maximum atomic E-state index is 14.1. The highest BCUT2D eigenvalue weighted by Gasteiger charge is 2.44. The lowest BCUT2D eigenvalue weighted by Crippen LogP contribution is -2.55. The van der Waals surface area contributed by atoms with Crippen molar-refractivity contribution >= 4 is 29.1 Å². The number of nitrogens with zero attached hydrogens (tertiary/aromatic N) is 2. The molecule has 1 saturated heterocycles. The number of amides is 3. The molecule has 1 aromatic carbocycles. The first-order chi connectivity index (χ1) is 19.7. The van der Waals surface area contributed by atoms with Crippen molar-refractivity contribution in [3.8, 4) is 5.75 Å². The molecule has 0 aromatic heterocycles. The van der Waals surface area contributed by atoms with Crippen molar-refractivity contribution in [2.24, 2.45) is 11.8 Å². The number of piperidine rings is 1. The van der Waals surface area contributed by atoms with Crippen LogP contribution in [0.5, 0.6) is 5.75 Å². The standard InChI is InChI=1S/C31H46N4O6/c1-30(2)29(38)34(14-7-15-39-3)25-17-24(10-11-26(25)41-30)35(23-8-9-23)28(37)22-16-21(18-32-19-22)27(36)33-31(20-40-4)12-5-6-13-31/h10-11,17,21-23,32H,5-9,12-16,18-20H2,1-4H3,(H,33,36). The quantitative estimate of drug-likeness (QED) is 0.394. The molecule has 2 unspecified atom stereocenters. The summed E-state index contributed by atoms with van der Waals surface area (Å²) in [6, 6.07) is 5.83. The van der Waals surface area contributed by atoms with Gasteiger partial charge in [-0.05, 0) is 70.6 Å². The number of hydrogen-bond donors (Lipinski definition) is 2. The molecule has 226 valence electrons. The Morgan fingerprint density at radius 3 is 2.54 bits per heavy atom. The monoisotopic (exact) mass is 570 g/mol. The Kier molecular flexibility index (Phi) is 8.92. The van der Waals surface area contributed by atoms with Gasteiger partial charge in [0.1, 0.15) is 5.75 Å². The van der Waals surface area contributed by atoms with Gasteiger partial charge < -0.3 is 34.6 Å². The number of rotatable bonds is 11. The van der Waals surface area contributed by atoms with Crippen LogP contribution in [0.25, 0.3) is 0 Å². The van der Waals surface area contributed by atoms with E-state index in [0.717, 1.165) is 44.2 Å². The van der Waals surface area contributed by atoms with Gasteiger partial charge >= 0.3 is 0 Å². The van der Waals surface area contributed by atoms with E-state index >= 15 is 0 Å². The van der Waals surface area contributed by atoms with E-state index < -0.39 is 5.60 Å². The molecule has 1 aromatic rings. The highest BCUT2D eigenvalue weighted by molar-refractivity contribution is 6.04. The molecule has 0 spiro atoms. The number of methoxy groups -OCH3 is 2. The molecular weight excluding hydrogens is 524 g/mol. The smallest absolute Gasteiger partial charge is 0.270 e. The third kappa shape index (κ3) is 6.39. The minimum atomic E-state index is -0.975. The van der Waals surface area contributed by atoms with E-state index in [1.54, 1.807) is 33.0 Å². The maximum Gasteiger partial charge on any atom is 0.270 e. The van der Waals surface area contributed by atoms with Gasteiger partial charge in [-0.15, -0.1) is 0 Å². The molecule has 41 heavy (non-hydrogen) atoms. The number of ether oxygens (including phenoxy) is 3. The van der Waals surface area contributed by atoms with Gasteiger partial charge in [0.2, 0.25) is 11.8 Å². The zero-order valence-electron chi connectivity index (χ0n) is 25.0. The van der Waals surface area contributed by atoms with Gasteiger partial charge in [-0.25, -0.2) is 0 Å². The largest absolute Gasteiger partial charge is 0.476 e. The summed E-state index contributed by atoms with van der Waals surface area (Å²) in [7, 11) is 3.33. The molecule has 2 atom stereocenters. The van der Waals surface area contributed by atoms with E-state index in [9.17, 15) is 14.4 Å². The highest BCUT2D eigenvalue weighted by Crippen LogP contribution is 2.43. The van der Waals surface area contributed by atoms with Crippen LogP contribution in [-0.4, -0.2) is 82.0 Å². The zero-order chi connectivity index (χ0) is 29.2. The lowest BCUT2D eigenvalue weighted by Gasteiger charge is -2.40. The third-order valence-electron chi connectivity index (χ3n) is 8.96. The Bertz CT molecular complexity index is 1130. The van der Waals surface area contributed by atoms with Crippen molar-refractivity contribution in [1.29, 1.82) is 0 Å². The van der Waals surface area contributed by atoms with Crippen LogP contribution in [0.4, 0.5) is 11.4 Å². The summed E-state index contributed by atoms with van der Waals surface area (Å²) < 4.78 is 16.8. The van der Waals surface area contributed by atoms with Crippen LogP contribution in [0.2, 0.25) is 0 Å². The number of hydrogen-bond acceptors (Lipinski definition) is 7. The molecule has 2 N–H and O–H groups in total. The second kappa shape index (κ2) is 12.3. The molecule has 4 aliphatic rings. The lowest BCUT2D eigenvalue weighted by molar-refractivity contribution is -0.133. The average molecular weight is 571 g/mol. The van der Waals surface area contributed by atoms with E-state index in [0.29, 0.717) is 57.1 Å². The Labute approximate surface area is 243 Å². The van der Waals surface area contributed by atoms with Crippen molar-refractivity contribution < 1.29 is 28.6 Å². The summed E-state index contributed by atoms with van der Waals surface area (Å²) in [5.74, 6) is -0.0351. The Morgan fingerprint density at radius 1 is 1.12 bits per heavy atom. The first-order valence-electron chi connectivity index (χ1n) is 15.2. The maximum absolute atomic E-state index is 14.1. The van der Waals surface area contributed by atoms with E-state index in [2.05, 4.69) is 10.6 Å². The number of carbonyl (C=O) groups excluding carboxylic acids is 3. The van der Waals surface area contributed by atoms with Gasteiger partial charge in [0.25, 0.3) is 5.91 Å². The molecule has 2 aliphatic heterocycles. The fraction of sp³-hybridized carbons (Fsp3) is 0.710. The molecule has 0 bridgehead atoms. The van der Waals surface area contributed by atoms with Crippen LogP contribution >= 0.6 is 0 Å². The molecule has 3 amide bonds. The van der Waals surface area contributed by atoms with Crippen LogP contribution in [0.15, 0.2) is 18.2 Å². The Balaban J connectivity index is 1.34. The van der Waals surface area contributed by atoms with Gasteiger partial charge in [0.15, 0.2) is 5.60 Å². The van der Waals surface area contributed by atoms with Crippen LogP contribution in [0, 0.1) is 11.8 Å². The zero-order valence-corrected chi connectivity index (χ0v) is 25.0. The van der Waals surface area contributed by atoms with Crippen LogP contribution < -0.4 is 25.2 Å². The Hall–Kier alpha value is -2.69. The predicted molar refractivity (Wildman–Crippen MR) is 156 cm³/mol. The van der Waals surface area contributed by atoms with Crippen molar-refractivity contribution in [2.45, 2.75) is 82.4 Å². The van der Waals surface area contributed by atoms with Gasteiger partial charge in [-0.2, -0.15) is 0 Å². The lowest BCUT2D eigenvalue weighted by atomic mass is 9.87. The van der Waals surface area contributed by atoms with Crippen molar-refractivity contribution in [2.75, 3.05) is 56.9 Å². The van der Waals surface area contributed by atoms with E-state index in [1.807, 2.05) is 23.1 Å². The van der Waals surface area contributed by atoms with Gasteiger partial charge in [-0.3, -0.25) is 14.4 Å². The topological polar surface area (TPSA) is 109 Å². The molecule has 0 radical (unpaired) electrons. The fourth-order valence-corrected chi connectivity index (χ4v) is 6.67. The van der Waals surface area contributed by atoms with E-state index in [1.165, 1.54) is 0 Å². The summed E-state index contributed by atoms with van der Waals surface area (Å²) in [6.07, 6.45) is 7.10. The second-order valence-electron chi connectivity index (χ2n) is 12.7. The first-order valence-corrected chi connectivity index (χ1v) is 15.2. The van der Waals surface area contributed by atoms with E-state index in [4.69, 9.17) is 14.2 Å². The van der Waals surface area contributed by atoms with Crippen molar-refractivity contribution in [3.63, 3.8) is 0 Å². The molecule has 3 fully saturated rings. The second-order valence-corrected chi connectivity index (χ2v) is 12.7. The summed E-state index contributed by atoms with van der Waals surface area (Å²) in [5, 5.41) is 6.66. The number of benzene rings is 1. The van der Waals surface area contributed by atoms with Crippen molar-refractivity contribution in [1.82, 2.24) is 10.6 Å². The summed E-state index contributed by atoms with van der Waals surface area (Å²) in [4.78, 5) is 44.5. The van der Waals surface area contributed by atoms with Crippen LogP contribution in [0.1, 0.15) is 65.2 Å². The van der Waals surface area contributed by atoms with Gasteiger partial charge in [0.05, 0.1) is 29.7 Å². The van der Waals surface area contributed by atoms with Gasteiger partial charge in [0, 0.05) is 52.2 Å². The number of nitrogens with one attached hydrogen (secondary N) is 2. The minimum absolute atomic E-state index is 0.00526.